The minimum absolute atomic E-state index is 0.0437. The number of ether oxygens (including phenoxy) is 1. The topological polar surface area (TPSA) is 94.6 Å². The third-order valence-corrected chi connectivity index (χ3v) is 4.21. The van der Waals surface area contributed by atoms with E-state index in [1.54, 1.807) is 19.1 Å². The summed E-state index contributed by atoms with van der Waals surface area (Å²) in [6, 6.07) is 12.6. The van der Waals surface area contributed by atoms with E-state index in [0.29, 0.717) is 24.2 Å². The van der Waals surface area contributed by atoms with Crippen LogP contribution >= 0.6 is 0 Å². The maximum atomic E-state index is 13.0. The van der Waals surface area contributed by atoms with Crippen molar-refractivity contribution in [3.05, 3.63) is 70.5 Å². The van der Waals surface area contributed by atoms with Crippen LogP contribution in [0.2, 0.25) is 0 Å². The standard InChI is InChI=1S/C21H21FN2O5/c1-14(25)2-3-15-4-10-19(11-5-15)28-13-18(26)12-24-21(27)29-20(23-24)16-6-8-17(22)9-7-16/h4-11,18,26H,2-3,12-13H2,1H3. The highest BCUT2D eigenvalue weighted by Crippen LogP contribution is 2.16. The SMILES string of the molecule is CC(=O)CCc1ccc(OCC(O)Cn2nc(-c3ccc(F)cc3)oc2=O)cc1. The number of carbonyl (C=O) groups is 1. The van der Waals surface area contributed by atoms with E-state index in [1.165, 1.54) is 24.3 Å². The summed E-state index contributed by atoms with van der Waals surface area (Å²) in [5.74, 6) is -0.383. The number of rotatable bonds is 9. The van der Waals surface area contributed by atoms with Crippen LogP contribution in [0.15, 0.2) is 57.7 Å². The molecule has 152 valence electrons. The Kier molecular flexibility index (Phi) is 6.56. The molecule has 2 aromatic carbocycles. The van der Waals surface area contributed by atoms with E-state index in [0.717, 1.165) is 10.2 Å². The van der Waals surface area contributed by atoms with Crippen LogP contribution in [0.5, 0.6) is 5.75 Å². The van der Waals surface area contributed by atoms with Gasteiger partial charge in [-0.2, -0.15) is 4.68 Å². The number of halogens is 1. The highest BCUT2D eigenvalue weighted by molar-refractivity contribution is 5.75. The summed E-state index contributed by atoms with van der Waals surface area (Å²) < 4.78 is 24.6. The highest BCUT2D eigenvalue weighted by atomic mass is 19.1. The first kappa shape index (κ1) is 20.5. The number of aliphatic hydroxyl groups excluding tert-OH is 1. The Morgan fingerprint density at radius 1 is 1.21 bits per heavy atom. The summed E-state index contributed by atoms with van der Waals surface area (Å²) in [4.78, 5) is 22.9. The van der Waals surface area contributed by atoms with Crippen molar-refractivity contribution < 1.29 is 23.4 Å². The molecule has 0 aliphatic rings. The quantitative estimate of drug-likeness (QED) is 0.593. The minimum atomic E-state index is -0.990. The van der Waals surface area contributed by atoms with E-state index < -0.39 is 17.7 Å². The Hall–Kier alpha value is -3.26. The van der Waals surface area contributed by atoms with Crippen LogP contribution in [0.1, 0.15) is 18.9 Å². The Morgan fingerprint density at radius 3 is 2.55 bits per heavy atom. The maximum absolute atomic E-state index is 13.0. The third-order valence-electron chi connectivity index (χ3n) is 4.21. The lowest BCUT2D eigenvalue weighted by atomic mass is 10.1. The van der Waals surface area contributed by atoms with Crippen LogP contribution in [0.25, 0.3) is 11.5 Å². The van der Waals surface area contributed by atoms with Crippen LogP contribution in [-0.4, -0.2) is 33.4 Å². The van der Waals surface area contributed by atoms with Gasteiger partial charge in [0, 0.05) is 12.0 Å². The van der Waals surface area contributed by atoms with Gasteiger partial charge in [-0.25, -0.2) is 9.18 Å². The molecule has 8 heteroatoms. The van der Waals surface area contributed by atoms with Gasteiger partial charge in [0.1, 0.15) is 30.1 Å². The molecular formula is C21H21FN2O5. The van der Waals surface area contributed by atoms with Gasteiger partial charge >= 0.3 is 5.76 Å². The summed E-state index contributed by atoms with van der Waals surface area (Å²) in [5, 5.41) is 14.2. The zero-order valence-corrected chi connectivity index (χ0v) is 15.9. The molecule has 1 unspecified atom stereocenters. The second-order valence-electron chi connectivity index (χ2n) is 6.67. The molecule has 1 aromatic heterocycles. The lowest BCUT2D eigenvalue weighted by Crippen LogP contribution is -2.29. The second kappa shape index (κ2) is 9.29. The van der Waals surface area contributed by atoms with Crippen LogP contribution < -0.4 is 10.5 Å². The molecule has 29 heavy (non-hydrogen) atoms. The molecule has 0 bridgehead atoms. The van der Waals surface area contributed by atoms with Gasteiger partial charge in [-0.15, -0.1) is 5.10 Å². The van der Waals surface area contributed by atoms with Crippen molar-refractivity contribution in [1.82, 2.24) is 9.78 Å². The predicted octanol–water partition coefficient (Wildman–Crippen LogP) is 2.60. The molecular weight excluding hydrogens is 379 g/mol. The number of Topliss-reactive ketones (excluding diaryl/α,β-unsaturated/α-hetero) is 1. The smallest absolute Gasteiger partial charge is 0.437 e. The van der Waals surface area contributed by atoms with Crippen molar-refractivity contribution in [2.24, 2.45) is 0 Å². The molecule has 0 aliphatic heterocycles. The van der Waals surface area contributed by atoms with Gasteiger partial charge in [-0.05, 0) is 55.3 Å². The van der Waals surface area contributed by atoms with Gasteiger partial charge in [-0.1, -0.05) is 12.1 Å². The molecule has 0 amide bonds. The maximum Gasteiger partial charge on any atom is 0.437 e. The summed E-state index contributed by atoms with van der Waals surface area (Å²) in [6.07, 6.45) is 0.172. The van der Waals surface area contributed by atoms with Crippen molar-refractivity contribution in [1.29, 1.82) is 0 Å². The number of ketones is 1. The lowest BCUT2D eigenvalue weighted by molar-refractivity contribution is -0.116. The Labute approximate surface area is 166 Å². The number of carbonyl (C=O) groups excluding carboxylic acids is 1. The third kappa shape index (κ3) is 5.86. The van der Waals surface area contributed by atoms with E-state index in [4.69, 9.17) is 9.15 Å². The molecule has 0 aliphatic carbocycles. The van der Waals surface area contributed by atoms with Crippen LogP contribution in [0.4, 0.5) is 4.39 Å². The average molecular weight is 400 g/mol. The van der Waals surface area contributed by atoms with E-state index in [1.807, 2.05) is 12.1 Å². The van der Waals surface area contributed by atoms with Gasteiger partial charge in [0.2, 0.25) is 5.89 Å². The summed E-state index contributed by atoms with van der Waals surface area (Å²) in [7, 11) is 0. The largest absolute Gasteiger partial charge is 0.491 e. The number of nitrogens with zero attached hydrogens (tertiary/aromatic N) is 2. The number of aryl methyl sites for hydroxylation is 1. The minimum Gasteiger partial charge on any atom is -0.491 e. The van der Waals surface area contributed by atoms with E-state index in [9.17, 15) is 19.1 Å². The molecule has 0 spiro atoms. The predicted molar refractivity (Wildman–Crippen MR) is 103 cm³/mol. The summed E-state index contributed by atoms with van der Waals surface area (Å²) in [5.41, 5.74) is 1.48. The zero-order chi connectivity index (χ0) is 20.8. The van der Waals surface area contributed by atoms with Crippen molar-refractivity contribution >= 4 is 5.78 Å². The van der Waals surface area contributed by atoms with Gasteiger partial charge in [-0.3, -0.25) is 0 Å². The van der Waals surface area contributed by atoms with Crippen molar-refractivity contribution in [2.75, 3.05) is 6.61 Å². The Balaban J connectivity index is 1.54. The van der Waals surface area contributed by atoms with Crippen molar-refractivity contribution in [3.8, 4) is 17.2 Å². The van der Waals surface area contributed by atoms with E-state index in [-0.39, 0.29) is 24.8 Å². The summed E-state index contributed by atoms with van der Waals surface area (Å²) in [6.45, 7) is 1.40. The molecule has 0 fully saturated rings. The monoisotopic (exact) mass is 400 g/mol. The molecule has 1 N–H and O–H groups in total. The molecule has 1 atom stereocenters. The van der Waals surface area contributed by atoms with Gasteiger partial charge in [0.15, 0.2) is 0 Å². The van der Waals surface area contributed by atoms with E-state index in [2.05, 4.69) is 5.10 Å². The first-order valence-electron chi connectivity index (χ1n) is 9.14. The second-order valence-corrected chi connectivity index (χ2v) is 6.67. The van der Waals surface area contributed by atoms with Crippen molar-refractivity contribution in [2.45, 2.75) is 32.4 Å². The molecule has 3 rings (SSSR count). The fourth-order valence-electron chi connectivity index (χ4n) is 2.65. The van der Waals surface area contributed by atoms with Crippen LogP contribution in [0.3, 0.4) is 0 Å². The first-order chi connectivity index (χ1) is 13.9. The number of benzene rings is 2. The Bertz CT molecular complexity index is 1010. The molecule has 0 saturated heterocycles. The molecule has 7 nitrogen and oxygen atoms in total. The Morgan fingerprint density at radius 2 is 1.90 bits per heavy atom. The van der Waals surface area contributed by atoms with Crippen LogP contribution in [0, 0.1) is 5.82 Å². The number of hydrogen-bond acceptors (Lipinski definition) is 6. The molecule has 0 saturated carbocycles. The zero-order valence-electron chi connectivity index (χ0n) is 15.9. The first-order valence-corrected chi connectivity index (χ1v) is 9.14. The normalized spacial score (nSPS) is 12.0. The number of hydrogen-bond donors (Lipinski definition) is 1. The van der Waals surface area contributed by atoms with Gasteiger partial charge in [0.25, 0.3) is 0 Å². The lowest BCUT2D eigenvalue weighted by Gasteiger charge is -2.12. The van der Waals surface area contributed by atoms with Gasteiger partial charge < -0.3 is 19.1 Å². The van der Waals surface area contributed by atoms with Crippen molar-refractivity contribution in [3.63, 3.8) is 0 Å². The number of aliphatic hydroxyl groups is 1. The summed E-state index contributed by atoms with van der Waals surface area (Å²) >= 11 is 0. The van der Waals surface area contributed by atoms with Gasteiger partial charge in [0.05, 0.1) is 6.54 Å². The highest BCUT2D eigenvalue weighted by Gasteiger charge is 2.14. The fourth-order valence-corrected chi connectivity index (χ4v) is 2.65. The molecule has 0 radical (unpaired) electrons. The average Bonchev–Trinajstić information content (AvgIpc) is 3.06. The van der Waals surface area contributed by atoms with E-state index >= 15 is 0 Å². The number of aromatic nitrogens is 2. The van der Waals surface area contributed by atoms with Crippen LogP contribution in [-0.2, 0) is 17.8 Å². The fraction of sp³-hybridized carbons (Fsp3) is 0.286. The molecule has 1 heterocycles. The molecule has 3 aromatic rings.